The van der Waals surface area contributed by atoms with Crippen LogP contribution in [-0.4, -0.2) is 35.6 Å². The third kappa shape index (κ3) is 5.33. The lowest BCUT2D eigenvalue weighted by Crippen LogP contribution is -2.35. The van der Waals surface area contributed by atoms with E-state index in [0.29, 0.717) is 5.56 Å². The third-order valence-electron chi connectivity index (χ3n) is 5.58. The van der Waals surface area contributed by atoms with Gasteiger partial charge in [0, 0.05) is 31.6 Å². The zero-order chi connectivity index (χ0) is 20.8. The number of piperidine rings is 1. The van der Waals surface area contributed by atoms with Gasteiger partial charge in [-0.05, 0) is 49.1 Å². The Bertz CT molecular complexity index is 973. The van der Waals surface area contributed by atoms with Crippen molar-refractivity contribution in [3.8, 4) is 0 Å². The Balaban J connectivity index is 1.30. The molecule has 0 bridgehead atoms. The molecule has 0 radical (unpaired) electrons. The minimum absolute atomic E-state index is 0.197. The van der Waals surface area contributed by atoms with Crippen LogP contribution >= 0.6 is 0 Å². The van der Waals surface area contributed by atoms with Gasteiger partial charge in [0.15, 0.2) is 0 Å². The van der Waals surface area contributed by atoms with Crippen LogP contribution < -0.4 is 5.32 Å². The van der Waals surface area contributed by atoms with E-state index in [-0.39, 0.29) is 29.9 Å². The molecule has 1 saturated heterocycles. The zero-order valence-corrected chi connectivity index (χ0v) is 16.9. The first-order valence-corrected chi connectivity index (χ1v) is 10.4. The summed E-state index contributed by atoms with van der Waals surface area (Å²) in [5.74, 6) is -0.196. The van der Waals surface area contributed by atoms with Crippen molar-refractivity contribution < 1.29 is 13.7 Å². The van der Waals surface area contributed by atoms with Gasteiger partial charge in [-0.3, -0.25) is 4.79 Å². The Kier molecular flexibility index (Phi) is 6.54. The second kappa shape index (κ2) is 9.67. The zero-order valence-electron chi connectivity index (χ0n) is 16.9. The van der Waals surface area contributed by atoms with E-state index in [9.17, 15) is 9.18 Å². The lowest BCUT2D eigenvalue weighted by molar-refractivity contribution is 0.0913. The molecule has 1 atom stereocenters. The van der Waals surface area contributed by atoms with Crippen molar-refractivity contribution in [1.82, 2.24) is 15.4 Å². The van der Waals surface area contributed by atoms with Crippen molar-refractivity contribution in [2.45, 2.75) is 31.7 Å². The number of likely N-dealkylation sites (tertiary alicyclic amines) is 1. The van der Waals surface area contributed by atoms with Crippen molar-refractivity contribution in [3.05, 3.63) is 89.1 Å². The molecule has 1 fully saturated rings. The van der Waals surface area contributed by atoms with Crippen molar-refractivity contribution in [3.63, 3.8) is 0 Å². The maximum absolute atomic E-state index is 13.3. The highest BCUT2D eigenvalue weighted by molar-refractivity contribution is 5.91. The predicted molar refractivity (Wildman–Crippen MR) is 113 cm³/mol. The number of rotatable bonds is 7. The first-order chi connectivity index (χ1) is 14.7. The normalized spacial score (nSPS) is 17.0. The molecule has 2 aromatic carbocycles. The summed E-state index contributed by atoms with van der Waals surface area (Å²) in [5.41, 5.74) is 2.87. The molecule has 156 valence electrons. The Morgan fingerprint density at radius 2 is 1.97 bits per heavy atom. The molecular formula is C24H26FN3O2. The average molecular weight is 407 g/mol. The van der Waals surface area contributed by atoms with Gasteiger partial charge in [-0.2, -0.15) is 0 Å². The highest BCUT2D eigenvalue weighted by Crippen LogP contribution is 2.26. The van der Waals surface area contributed by atoms with Gasteiger partial charge in [-0.25, -0.2) is 4.39 Å². The number of carbonyl (C=O) groups is 1. The van der Waals surface area contributed by atoms with Gasteiger partial charge in [0.1, 0.15) is 5.82 Å². The second-order valence-electron chi connectivity index (χ2n) is 7.80. The molecule has 3 aromatic rings. The van der Waals surface area contributed by atoms with Gasteiger partial charge in [0.25, 0.3) is 5.91 Å². The number of halogens is 1. The molecule has 5 nitrogen and oxygen atoms in total. The maximum Gasteiger partial charge on any atom is 0.290 e. The number of carbonyl (C=O) groups excluding carboxylic acids is 1. The van der Waals surface area contributed by atoms with Crippen LogP contribution in [0.3, 0.4) is 0 Å². The SMILES string of the molecule is O=C(NCc1cccc(F)c1)c1cc(C2CCCN(CCc3ccccc3)C2)no1. The van der Waals surface area contributed by atoms with Crippen molar-refractivity contribution in [2.24, 2.45) is 0 Å². The quantitative estimate of drug-likeness (QED) is 0.639. The fraction of sp³-hybridized carbons (Fsp3) is 0.333. The van der Waals surface area contributed by atoms with E-state index in [1.165, 1.54) is 17.7 Å². The topological polar surface area (TPSA) is 58.4 Å². The molecule has 1 aliphatic heterocycles. The number of benzene rings is 2. The first-order valence-electron chi connectivity index (χ1n) is 10.4. The standard InChI is InChI=1S/C24H26FN3O2/c25-21-10-4-8-19(14-21)16-26-24(29)23-15-22(27-30-23)20-9-5-12-28(17-20)13-11-18-6-2-1-3-7-18/h1-4,6-8,10,14-15,20H,5,9,11-13,16-17H2,(H,26,29). The average Bonchev–Trinajstić information content (AvgIpc) is 3.28. The number of hydrogen-bond acceptors (Lipinski definition) is 4. The van der Waals surface area contributed by atoms with Gasteiger partial charge >= 0.3 is 0 Å². The summed E-state index contributed by atoms with van der Waals surface area (Å²) in [6.07, 6.45) is 3.17. The summed E-state index contributed by atoms with van der Waals surface area (Å²) in [6.45, 7) is 3.26. The molecule has 1 aromatic heterocycles. The van der Waals surface area contributed by atoms with E-state index in [4.69, 9.17) is 4.52 Å². The van der Waals surface area contributed by atoms with E-state index in [0.717, 1.165) is 44.6 Å². The minimum atomic E-state index is -0.338. The number of aromatic nitrogens is 1. The second-order valence-corrected chi connectivity index (χ2v) is 7.80. The Morgan fingerprint density at radius 1 is 1.13 bits per heavy atom. The third-order valence-corrected chi connectivity index (χ3v) is 5.58. The van der Waals surface area contributed by atoms with E-state index >= 15 is 0 Å². The van der Waals surface area contributed by atoms with Crippen LogP contribution in [0.15, 0.2) is 65.2 Å². The highest BCUT2D eigenvalue weighted by Gasteiger charge is 2.25. The summed E-state index contributed by atoms with van der Waals surface area (Å²) in [6, 6.07) is 18.4. The largest absolute Gasteiger partial charge is 0.351 e. The minimum Gasteiger partial charge on any atom is -0.351 e. The van der Waals surface area contributed by atoms with Gasteiger partial charge in [-0.1, -0.05) is 47.6 Å². The van der Waals surface area contributed by atoms with E-state index in [1.807, 2.05) is 6.07 Å². The van der Waals surface area contributed by atoms with Crippen LogP contribution in [0, 0.1) is 5.82 Å². The molecule has 4 rings (SSSR count). The lowest BCUT2D eigenvalue weighted by Gasteiger charge is -2.31. The molecule has 0 saturated carbocycles. The van der Waals surface area contributed by atoms with Crippen LogP contribution in [0.1, 0.15) is 46.1 Å². The Labute approximate surface area is 175 Å². The van der Waals surface area contributed by atoms with Crippen molar-refractivity contribution >= 4 is 5.91 Å². The Hall–Kier alpha value is -2.99. The van der Waals surface area contributed by atoms with E-state index < -0.39 is 0 Å². The summed E-state index contributed by atoms with van der Waals surface area (Å²) >= 11 is 0. The molecule has 1 aliphatic rings. The summed E-state index contributed by atoms with van der Waals surface area (Å²) in [4.78, 5) is 14.8. The predicted octanol–water partition coefficient (Wildman–Crippen LogP) is 4.17. The molecule has 6 heteroatoms. The van der Waals surface area contributed by atoms with Gasteiger partial charge in [-0.15, -0.1) is 0 Å². The summed E-state index contributed by atoms with van der Waals surface area (Å²) < 4.78 is 18.6. The highest BCUT2D eigenvalue weighted by atomic mass is 19.1. The molecule has 1 N–H and O–H groups in total. The van der Waals surface area contributed by atoms with E-state index in [2.05, 4.69) is 39.6 Å². The van der Waals surface area contributed by atoms with Gasteiger partial charge < -0.3 is 14.7 Å². The van der Waals surface area contributed by atoms with Crippen molar-refractivity contribution in [1.29, 1.82) is 0 Å². The molecule has 0 aliphatic carbocycles. The van der Waals surface area contributed by atoms with Crippen LogP contribution in [0.2, 0.25) is 0 Å². The van der Waals surface area contributed by atoms with Crippen molar-refractivity contribution in [2.75, 3.05) is 19.6 Å². The van der Waals surface area contributed by atoms with Crippen LogP contribution in [-0.2, 0) is 13.0 Å². The van der Waals surface area contributed by atoms with E-state index in [1.54, 1.807) is 18.2 Å². The molecule has 2 heterocycles. The lowest BCUT2D eigenvalue weighted by atomic mass is 9.94. The number of amides is 1. The molecule has 1 unspecified atom stereocenters. The number of nitrogens with one attached hydrogen (secondary N) is 1. The number of nitrogens with zero attached hydrogens (tertiary/aromatic N) is 2. The van der Waals surface area contributed by atoms with Crippen LogP contribution in [0.5, 0.6) is 0 Å². The van der Waals surface area contributed by atoms with Crippen LogP contribution in [0.25, 0.3) is 0 Å². The van der Waals surface area contributed by atoms with Gasteiger partial charge in [0.05, 0.1) is 5.69 Å². The fourth-order valence-electron chi connectivity index (χ4n) is 3.94. The first kappa shape index (κ1) is 20.3. The summed E-state index contributed by atoms with van der Waals surface area (Å²) in [7, 11) is 0. The fourth-order valence-corrected chi connectivity index (χ4v) is 3.94. The molecule has 30 heavy (non-hydrogen) atoms. The molecular weight excluding hydrogens is 381 g/mol. The monoisotopic (exact) mass is 407 g/mol. The maximum atomic E-state index is 13.3. The smallest absolute Gasteiger partial charge is 0.290 e. The van der Waals surface area contributed by atoms with Crippen LogP contribution in [0.4, 0.5) is 4.39 Å². The molecule has 0 spiro atoms. The Morgan fingerprint density at radius 3 is 2.80 bits per heavy atom. The summed E-state index contributed by atoms with van der Waals surface area (Å²) in [5, 5.41) is 6.92. The molecule has 1 amide bonds. The number of hydrogen-bond donors (Lipinski definition) is 1. The van der Waals surface area contributed by atoms with Gasteiger partial charge in [0.2, 0.25) is 5.76 Å².